The van der Waals surface area contributed by atoms with Gasteiger partial charge in [0.15, 0.2) is 0 Å². The summed E-state index contributed by atoms with van der Waals surface area (Å²) in [5.41, 5.74) is 7.84. The van der Waals surface area contributed by atoms with Crippen molar-refractivity contribution in [2.24, 2.45) is 5.73 Å². The first-order chi connectivity index (χ1) is 10.6. The second-order valence-electron chi connectivity index (χ2n) is 5.62. The maximum Gasteiger partial charge on any atom is 0.236 e. The molecule has 0 fully saturated rings. The lowest BCUT2D eigenvalue weighted by molar-refractivity contribution is 0.339. The van der Waals surface area contributed by atoms with Crippen LogP contribution in [0.4, 0.5) is 0 Å². The van der Waals surface area contributed by atoms with Gasteiger partial charge in [0.05, 0.1) is 12.0 Å². The van der Waals surface area contributed by atoms with Gasteiger partial charge in [0.1, 0.15) is 0 Å². The summed E-state index contributed by atoms with van der Waals surface area (Å²) in [6.45, 7) is 1.90. The van der Waals surface area contributed by atoms with Crippen molar-refractivity contribution in [2.45, 2.75) is 25.3 Å². The Hall–Kier alpha value is -2.53. The van der Waals surface area contributed by atoms with Crippen LogP contribution in [0, 0.1) is 0 Å². The van der Waals surface area contributed by atoms with Crippen molar-refractivity contribution < 1.29 is 4.42 Å². The molecule has 0 amide bonds. The first kappa shape index (κ1) is 14.4. The molecule has 2 N–H and O–H groups in total. The number of rotatable bonds is 5. The molecule has 3 rings (SSSR count). The van der Waals surface area contributed by atoms with Gasteiger partial charge in [-0.05, 0) is 30.5 Å². The van der Waals surface area contributed by atoms with Gasteiger partial charge < -0.3 is 10.2 Å². The minimum atomic E-state index is -0.693. The highest BCUT2D eigenvalue weighted by Crippen LogP contribution is 2.22. The zero-order chi connectivity index (χ0) is 15.4. The molecule has 0 spiro atoms. The molecule has 5 nitrogen and oxygen atoms in total. The van der Waals surface area contributed by atoms with Crippen molar-refractivity contribution in [2.75, 3.05) is 0 Å². The average molecular weight is 294 g/mol. The maximum absolute atomic E-state index is 6.37. The fourth-order valence-electron chi connectivity index (χ4n) is 2.33. The number of nitrogens with two attached hydrogens (primary N) is 1. The SMILES string of the molecule is C[C@@](N)(Cc1ccccc1)c1nnc(Cc2cccnc2)o1. The Balaban J connectivity index is 1.75. The molecule has 2 heterocycles. The Labute approximate surface area is 129 Å². The number of hydrogen-bond donors (Lipinski definition) is 1. The van der Waals surface area contributed by atoms with Crippen LogP contribution >= 0.6 is 0 Å². The Morgan fingerprint density at radius 1 is 1.05 bits per heavy atom. The number of nitrogens with zero attached hydrogens (tertiary/aromatic N) is 3. The molecule has 22 heavy (non-hydrogen) atoms. The van der Waals surface area contributed by atoms with Crippen molar-refractivity contribution in [3.63, 3.8) is 0 Å². The molecule has 112 valence electrons. The monoisotopic (exact) mass is 294 g/mol. The minimum Gasteiger partial charge on any atom is -0.423 e. The van der Waals surface area contributed by atoms with Gasteiger partial charge in [-0.15, -0.1) is 10.2 Å². The van der Waals surface area contributed by atoms with Gasteiger partial charge in [-0.3, -0.25) is 4.98 Å². The second-order valence-corrected chi connectivity index (χ2v) is 5.62. The zero-order valence-electron chi connectivity index (χ0n) is 12.4. The highest BCUT2D eigenvalue weighted by molar-refractivity contribution is 5.19. The van der Waals surface area contributed by atoms with E-state index in [1.54, 1.807) is 12.4 Å². The summed E-state index contributed by atoms with van der Waals surface area (Å²) in [4.78, 5) is 4.08. The molecule has 5 heteroatoms. The van der Waals surface area contributed by atoms with Crippen molar-refractivity contribution in [3.05, 3.63) is 77.8 Å². The van der Waals surface area contributed by atoms with E-state index in [1.165, 1.54) is 0 Å². The van der Waals surface area contributed by atoms with Crippen molar-refractivity contribution in [3.8, 4) is 0 Å². The predicted octanol–water partition coefficient (Wildman–Crippen LogP) is 2.47. The number of aromatic nitrogens is 3. The van der Waals surface area contributed by atoms with Crippen molar-refractivity contribution in [1.29, 1.82) is 0 Å². The molecule has 0 aliphatic heterocycles. The third kappa shape index (κ3) is 3.38. The van der Waals surface area contributed by atoms with E-state index in [9.17, 15) is 0 Å². The summed E-state index contributed by atoms with van der Waals surface area (Å²) in [5, 5.41) is 8.21. The molecule has 0 aliphatic rings. The Morgan fingerprint density at radius 3 is 2.55 bits per heavy atom. The van der Waals surface area contributed by atoms with Gasteiger partial charge >= 0.3 is 0 Å². The summed E-state index contributed by atoms with van der Waals surface area (Å²) in [6.07, 6.45) is 4.72. The Morgan fingerprint density at radius 2 is 1.82 bits per heavy atom. The molecular formula is C17H18N4O. The van der Waals surface area contributed by atoms with Gasteiger partial charge in [-0.2, -0.15) is 0 Å². The summed E-state index contributed by atoms with van der Waals surface area (Å²) in [7, 11) is 0. The van der Waals surface area contributed by atoms with E-state index in [0.29, 0.717) is 24.6 Å². The van der Waals surface area contributed by atoms with Gasteiger partial charge in [-0.25, -0.2) is 0 Å². The van der Waals surface area contributed by atoms with Crippen LogP contribution in [0.5, 0.6) is 0 Å². The van der Waals surface area contributed by atoms with E-state index < -0.39 is 5.54 Å². The number of benzene rings is 1. The van der Waals surface area contributed by atoms with Crippen LogP contribution in [0.25, 0.3) is 0 Å². The lowest BCUT2D eigenvalue weighted by atomic mass is 9.94. The fourth-order valence-corrected chi connectivity index (χ4v) is 2.33. The highest BCUT2D eigenvalue weighted by atomic mass is 16.4. The van der Waals surface area contributed by atoms with E-state index in [-0.39, 0.29) is 0 Å². The largest absolute Gasteiger partial charge is 0.423 e. The van der Waals surface area contributed by atoms with E-state index in [1.807, 2.05) is 49.4 Å². The Kier molecular flexibility index (Phi) is 3.98. The van der Waals surface area contributed by atoms with E-state index in [2.05, 4.69) is 15.2 Å². The van der Waals surface area contributed by atoms with Crippen molar-refractivity contribution in [1.82, 2.24) is 15.2 Å². The van der Waals surface area contributed by atoms with Crippen LogP contribution in [-0.2, 0) is 18.4 Å². The lowest BCUT2D eigenvalue weighted by Gasteiger charge is -2.20. The molecule has 0 saturated heterocycles. The summed E-state index contributed by atoms with van der Waals surface area (Å²) < 4.78 is 5.75. The maximum atomic E-state index is 6.37. The van der Waals surface area contributed by atoms with Crippen LogP contribution in [0.2, 0.25) is 0 Å². The fraction of sp³-hybridized carbons (Fsp3) is 0.235. The standard InChI is InChI=1S/C17H18N4O/c1-17(18,11-13-6-3-2-4-7-13)16-21-20-15(22-16)10-14-8-5-9-19-12-14/h2-9,12H,10-11,18H2,1H3/t17-/m1/s1. The van der Waals surface area contributed by atoms with Crippen LogP contribution in [-0.4, -0.2) is 15.2 Å². The topological polar surface area (TPSA) is 77.8 Å². The molecule has 1 atom stereocenters. The van der Waals surface area contributed by atoms with E-state index in [4.69, 9.17) is 10.2 Å². The van der Waals surface area contributed by atoms with E-state index >= 15 is 0 Å². The third-order valence-corrected chi connectivity index (χ3v) is 3.45. The van der Waals surface area contributed by atoms with Crippen molar-refractivity contribution >= 4 is 0 Å². The first-order valence-electron chi connectivity index (χ1n) is 7.18. The predicted molar refractivity (Wildman–Crippen MR) is 83.0 cm³/mol. The van der Waals surface area contributed by atoms with Crippen LogP contribution < -0.4 is 5.73 Å². The van der Waals surface area contributed by atoms with Crippen LogP contribution in [0.15, 0.2) is 59.3 Å². The average Bonchev–Trinajstić information content (AvgIpc) is 2.98. The molecule has 3 aromatic rings. The number of pyridine rings is 1. The second kappa shape index (κ2) is 6.07. The molecule has 0 saturated carbocycles. The summed E-state index contributed by atoms with van der Waals surface area (Å²) in [6, 6.07) is 13.9. The third-order valence-electron chi connectivity index (χ3n) is 3.45. The molecule has 2 aromatic heterocycles. The number of hydrogen-bond acceptors (Lipinski definition) is 5. The summed E-state index contributed by atoms with van der Waals surface area (Å²) in [5.74, 6) is 1.00. The minimum absolute atomic E-state index is 0.454. The van der Waals surface area contributed by atoms with Crippen LogP contribution in [0.1, 0.15) is 29.8 Å². The molecule has 0 bridgehead atoms. The smallest absolute Gasteiger partial charge is 0.236 e. The van der Waals surface area contributed by atoms with Gasteiger partial charge in [0.2, 0.25) is 11.8 Å². The van der Waals surface area contributed by atoms with E-state index in [0.717, 1.165) is 11.1 Å². The summed E-state index contributed by atoms with van der Waals surface area (Å²) >= 11 is 0. The quantitative estimate of drug-likeness (QED) is 0.782. The molecular weight excluding hydrogens is 276 g/mol. The molecule has 0 unspecified atom stereocenters. The van der Waals surface area contributed by atoms with Crippen LogP contribution in [0.3, 0.4) is 0 Å². The Bertz CT molecular complexity index is 723. The highest BCUT2D eigenvalue weighted by Gasteiger charge is 2.28. The normalized spacial score (nSPS) is 13.7. The van der Waals surface area contributed by atoms with Gasteiger partial charge in [-0.1, -0.05) is 36.4 Å². The zero-order valence-corrected chi connectivity index (χ0v) is 12.4. The first-order valence-corrected chi connectivity index (χ1v) is 7.18. The molecule has 1 aromatic carbocycles. The van der Waals surface area contributed by atoms with Gasteiger partial charge in [0, 0.05) is 12.4 Å². The van der Waals surface area contributed by atoms with Gasteiger partial charge in [0.25, 0.3) is 0 Å². The molecule has 0 aliphatic carbocycles. The lowest BCUT2D eigenvalue weighted by Crippen LogP contribution is -2.35. The molecule has 0 radical (unpaired) electrons.